The summed E-state index contributed by atoms with van der Waals surface area (Å²) in [4.78, 5) is 53.2. The zero-order valence-electron chi connectivity index (χ0n) is 30.2. The van der Waals surface area contributed by atoms with E-state index in [0.29, 0.717) is 11.5 Å². The van der Waals surface area contributed by atoms with Gasteiger partial charge in [-0.2, -0.15) is 0 Å². The number of anilines is 2. The molecule has 0 unspecified atom stereocenters. The number of phenolic OH excluding ortho intramolecular Hbond substituents is 2. The van der Waals surface area contributed by atoms with Crippen molar-refractivity contribution >= 4 is 34.5 Å². The smallest absolute Gasteiger partial charge is 0.198 e. The Bertz CT molecular complexity index is 2540. The van der Waals surface area contributed by atoms with Crippen molar-refractivity contribution in [3.05, 3.63) is 164 Å². The van der Waals surface area contributed by atoms with E-state index in [2.05, 4.69) is 13.8 Å². The Morgan fingerprint density at radius 1 is 0.473 bits per heavy atom. The van der Waals surface area contributed by atoms with E-state index in [1.165, 1.54) is 12.1 Å². The SMILES string of the molecule is Cc1cc(C(C)(C)c2ccc(Oc3cc(O)c4c(c3N)C(=O)c3ccccc3C4=O)c(C)c2)ccc1Oc1cc(O)c2c(c1N)C(=O)c1ccccc1C2=O. The normalized spacial score (nSPS) is 13.2. The van der Waals surface area contributed by atoms with Crippen LogP contribution in [0.25, 0.3) is 0 Å². The first-order chi connectivity index (χ1) is 26.2. The summed E-state index contributed by atoms with van der Waals surface area (Å²) in [5.41, 5.74) is 16.1. The molecule has 0 aliphatic heterocycles. The first kappa shape index (κ1) is 34.9. The van der Waals surface area contributed by atoms with E-state index in [4.69, 9.17) is 20.9 Å². The van der Waals surface area contributed by atoms with Crippen LogP contribution < -0.4 is 20.9 Å². The molecule has 0 amide bonds. The second kappa shape index (κ2) is 12.4. The Morgan fingerprint density at radius 3 is 1.13 bits per heavy atom. The molecule has 8 rings (SSSR count). The van der Waals surface area contributed by atoms with E-state index in [-0.39, 0.29) is 67.4 Å². The van der Waals surface area contributed by atoms with E-state index in [9.17, 15) is 29.4 Å². The number of aromatic hydroxyl groups is 2. The largest absolute Gasteiger partial charge is 0.507 e. The van der Waals surface area contributed by atoms with Crippen LogP contribution in [0.3, 0.4) is 0 Å². The first-order valence-electron chi connectivity index (χ1n) is 17.4. The number of hydrogen-bond donors (Lipinski definition) is 4. The molecule has 10 nitrogen and oxygen atoms in total. The minimum Gasteiger partial charge on any atom is -0.507 e. The van der Waals surface area contributed by atoms with Crippen molar-refractivity contribution < 1.29 is 38.9 Å². The molecular formula is C45H34N2O8. The maximum Gasteiger partial charge on any atom is 0.198 e. The molecule has 0 aromatic heterocycles. The average Bonchev–Trinajstić information content (AvgIpc) is 3.16. The highest BCUT2D eigenvalue weighted by atomic mass is 16.5. The van der Waals surface area contributed by atoms with Crippen LogP contribution in [-0.4, -0.2) is 33.3 Å². The van der Waals surface area contributed by atoms with Crippen molar-refractivity contribution in [2.75, 3.05) is 11.5 Å². The summed E-state index contributed by atoms with van der Waals surface area (Å²) in [6.45, 7) is 7.87. The van der Waals surface area contributed by atoms with Crippen LogP contribution in [0.5, 0.6) is 34.5 Å². The highest BCUT2D eigenvalue weighted by molar-refractivity contribution is 6.32. The minimum atomic E-state index is -0.515. The van der Waals surface area contributed by atoms with Gasteiger partial charge in [0.15, 0.2) is 34.6 Å². The van der Waals surface area contributed by atoms with Gasteiger partial charge in [0, 0.05) is 39.8 Å². The molecule has 6 N–H and O–H groups in total. The zero-order chi connectivity index (χ0) is 39.1. The predicted octanol–water partition coefficient (Wildman–Crippen LogP) is 8.34. The maximum atomic E-state index is 13.4. The van der Waals surface area contributed by atoms with Gasteiger partial charge in [0.1, 0.15) is 23.0 Å². The zero-order valence-corrected chi connectivity index (χ0v) is 30.2. The molecule has 0 atom stereocenters. The molecule has 272 valence electrons. The molecule has 10 heteroatoms. The number of ether oxygens (including phenoxy) is 2. The van der Waals surface area contributed by atoms with E-state index in [1.54, 1.807) is 60.7 Å². The fourth-order valence-corrected chi connectivity index (χ4v) is 7.43. The summed E-state index contributed by atoms with van der Waals surface area (Å²) >= 11 is 0. The molecular weight excluding hydrogens is 697 g/mol. The minimum absolute atomic E-state index is 0.0416. The number of carbonyl (C=O) groups excluding carboxylic acids is 4. The number of benzene rings is 6. The molecule has 2 aliphatic carbocycles. The molecule has 0 saturated heterocycles. The van der Waals surface area contributed by atoms with Crippen LogP contribution in [0.4, 0.5) is 11.4 Å². The van der Waals surface area contributed by atoms with Gasteiger partial charge in [-0.1, -0.05) is 86.6 Å². The van der Waals surface area contributed by atoms with Gasteiger partial charge in [-0.05, 0) is 48.2 Å². The van der Waals surface area contributed by atoms with Crippen molar-refractivity contribution in [1.29, 1.82) is 0 Å². The molecule has 0 radical (unpaired) electrons. The molecule has 6 aromatic rings. The molecule has 0 spiro atoms. The van der Waals surface area contributed by atoms with E-state index in [0.717, 1.165) is 22.3 Å². The molecule has 0 fully saturated rings. The quantitative estimate of drug-likeness (QED) is 0.0960. The van der Waals surface area contributed by atoms with Gasteiger partial charge in [-0.3, -0.25) is 19.2 Å². The van der Waals surface area contributed by atoms with Gasteiger partial charge in [0.25, 0.3) is 0 Å². The monoisotopic (exact) mass is 730 g/mol. The Labute approximate surface area is 315 Å². The Kier molecular flexibility index (Phi) is 7.89. The third-order valence-corrected chi connectivity index (χ3v) is 10.6. The van der Waals surface area contributed by atoms with Crippen LogP contribution in [-0.2, 0) is 5.41 Å². The van der Waals surface area contributed by atoms with Crippen molar-refractivity contribution in [2.45, 2.75) is 33.1 Å². The van der Waals surface area contributed by atoms with Crippen molar-refractivity contribution in [3.8, 4) is 34.5 Å². The van der Waals surface area contributed by atoms with Gasteiger partial charge >= 0.3 is 0 Å². The molecule has 6 aromatic carbocycles. The third-order valence-electron chi connectivity index (χ3n) is 10.6. The third kappa shape index (κ3) is 5.33. The molecule has 0 heterocycles. The molecule has 2 aliphatic rings. The number of nitrogens with two attached hydrogens (primary N) is 2. The van der Waals surface area contributed by atoms with Gasteiger partial charge in [-0.25, -0.2) is 0 Å². The van der Waals surface area contributed by atoms with E-state index < -0.39 is 40.0 Å². The topological polar surface area (TPSA) is 179 Å². The summed E-state index contributed by atoms with van der Waals surface area (Å²) in [5.74, 6) is -1.72. The Hall–Kier alpha value is -7.20. The summed E-state index contributed by atoms with van der Waals surface area (Å²) in [5, 5.41) is 21.8. The number of phenols is 2. The maximum absolute atomic E-state index is 13.4. The Morgan fingerprint density at radius 2 is 0.800 bits per heavy atom. The fourth-order valence-electron chi connectivity index (χ4n) is 7.43. The van der Waals surface area contributed by atoms with Gasteiger partial charge < -0.3 is 31.2 Å². The number of ketones is 4. The summed E-state index contributed by atoms with van der Waals surface area (Å²) in [6, 6.07) is 26.7. The van der Waals surface area contributed by atoms with Gasteiger partial charge in [0.05, 0.1) is 33.6 Å². The lowest BCUT2D eigenvalue weighted by Crippen LogP contribution is -2.22. The van der Waals surface area contributed by atoms with Gasteiger partial charge in [0.2, 0.25) is 0 Å². The number of aryl methyl sites for hydroxylation is 2. The molecule has 0 bridgehead atoms. The first-order valence-corrected chi connectivity index (χ1v) is 17.4. The highest BCUT2D eigenvalue weighted by Gasteiger charge is 2.37. The van der Waals surface area contributed by atoms with Gasteiger partial charge in [-0.15, -0.1) is 0 Å². The lowest BCUT2D eigenvalue weighted by molar-refractivity contribution is 0.0977. The van der Waals surface area contributed by atoms with Crippen LogP contribution in [0.15, 0.2) is 97.1 Å². The van der Waals surface area contributed by atoms with Crippen molar-refractivity contribution in [1.82, 2.24) is 0 Å². The van der Waals surface area contributed by atoms with Crippen molar-refractivity contribution in [2.24, 2.45) is 0 Å². The van der Waals surface area contributed by atoms with E-state index in [1.807, 2.05) is 38.1 Å². The summed E-state index contributed by atoms with van der Waals surface area (Å²) in [7, 11) is 0. The number of carbonyl (C=O) groups is 4. The lowest BCUT2D eigenvalue weighted by atomic mass is 9.77. The highest BCUT2D eigenvalue weighted by Crippen LogP contribution is 2.46. The van der Waals surface area contributed by atoms with Crippen LogP contribution in [0.1, 0.15) is 99.8 Å². The number of fused-ring (bicyclic) bond motifs is 4. The van der Waals surface area contributed by atoms with Crippen molar-refractivity contribution in [3.63, 3.8) is 0 Å². The Balaban J connectivity index is 1.05. The number of hydrogen-bond acceptors (Lipinski definition) is 10. The fraction of sp³-hybridized carbons (Fsp3) is 0.111. The van der Waals surface area contributed by atoms with Crippen LogP contribution in [0.2, 0.25) is 0 Å². The average molecular weight is 731 g/mol. The number of rotatable bonds is 6. The second-order valence-electron chi connectivity index (χ2n) is 14.3. The van der Waals surface area contributed by atoms with E-state index >= 15 is 0 Å². The summed E-state index contributed by atoms with van der Waals surface area (Å²) in [6.07, 6.45) is 0. The molecule has 55 heavy (non-hydrogen) atoms. The van der Waals surface area contributed by atoms with Crippen LogP contribution in [0, 0.1) is 13.8 Å². The molecule has 0 saturated carbocycles. The predicted molar refractivity (Wildman–Crippen MR) is 206 cm³/mol. The standard InChI is InChI=1S/C45H34N2O8/c1-21-17-23(13-15-31(21)54-33-19-29(48)35-37(39(33)46)43(52)27-11-7-5-9-25(27)41(35)50)45(3,4)24-14-16-32(22(2)18-24)55-34-20-30(49)36-38(40(34)47)44(53)28-12-8-6-10-26(28)42(36)51/h5-20,48-49H,46-47H2,1-4H3. The second-order valence-corrected chi connectivity index (χ2v) is 14.3. The number of nitrogen functional groups attached to an aromatic ring is 2. The lowest BCUT2D eigenvalue weighted by Gasteiger charge is -2.28. The van der Waals surface area contributed by atoms with Crippen LogP contribution >= 0.6 is 0 Å². The summed E-state index contributed by atoms with van der Waals surface area (Å²) < 4.78 is 12.3.